The lowest BCUT2D eigenvalue weighted by Gasteiger charge is -2.14. The van der Waals surface area contributed by atoms with Crippen molar-refractivity contribution in [3.8, 4) is 0 Å². The molecule has 1 aromatic carbocycles. The number of amides is 1. The Labute approximate surface area is 110 Å². The number of aromatic nitrogens is 1. The summed E-state index contributed by atoms with van der Waals surface area (Å²) in [6.07, 6.45) is 1.65. The molecular formula is C14H14FN3O. The van der Waals surface area contributed by atoms with Gasteiger partial charge in [-0.3, -0.25) is 9.78 Å². The van der Waals surface area contributed by atoms with E-state index in [1.807, 2.05) is 6.07 Å². The van der Waals surface area contributed by atoms with E-state index >= 15 is 0 Å². The summed E-state index contributed by atoms with van der Waals surface area (Å²) in [5, 5.41) is 2.73. The minimum Gasteiger partial charge on any atom is -0.398 e. The SMILES string of the molecule is C[C@H](NC(=O)c1cc(F)ccc1N)c1ccccn1. The number of nitrogen functional groups attached to an aromatic ring is 1. The van der Waals surface area contributed by atoms with Crippen molar-refractivity contribution >= 4 is 11.6 Å². The summed E-state index contributed by atoms with van der Waals surface area (Å²) in [7, 11) is 0. The van der Waals surface area contributed by atoms with Crippen LogP contribution in [0.25, 0.3) is 0 Å². The summed E-state index contributed by atoms with van der Waals surface area (Å²) in [5.41, 5.74) is 6.76. The molecule has 2 aromatic rings. The van der Waals surface area contributed by atoms with E-state index in [9.17, 15) is 9.18 Å². The first-order chi connectivity index (χ1) is 9.08. The molecule has 5 heteroatoms. The van der Waals surface area contributed by atoms with Gasteiger partial charge in [0.05, 0.1) is 17.3 Å². The predicted octanol–water partition coefficient (Wildman–Crippen LogP) is 2.29. The van der Waals surface area contributed by atoms with Crippen LogP contribution in [-0.4, -0.2) is 10.9 Å². The summed E-state index contributed by atoms with van der Waals surface area (Å²) in [5.74, 6) is -0.917. The number of anilines is 1. The molecule has 1 heterocycles. The van der Waals surface area contributed by atoms with Crippen LogP contribution in [0.15, 0.2) is 42.6 Å². The third-order valence-corrected chi connectivity index (χ3v) is 2.74. The van der Waals surface area contributed by atoms with Gasteiger partial charge in [-0.25, -0.2) is 4.39 Å². The molecule has 98 valence electrons. The lowest BCUT2D eigenvalue weighted by Crippen LogP contribution is -2.28. The Morgan fingerprint density at radius 1 is 1.37 bits per heavy atom. The van der Waals surface area contributed by atoms with E-state index < -0.39 is 11.7 Å². The Hall–Kier alpha value is -2.43. The maximum atomic E-state index is 13.1. The number of halogens is 1. The second-order valence-corrected chi connectivity index (χ2v) is 4.18. The van der Waals surface area contributed by atoms with Gasteiger partial charge in [0, 0.05) is 11.9 Å². The van der Waals surface area contributed by atoms with Crippen LogP contribution in [0.4, 0.5) is 10.1 Å². The van der Waals surface area contributed by atoms with E-state index in [1.54, 1.807) is 25.3 Å². The van der Waals surface area contributed by atoms with Crippen LogP contribution in [0.1, 0.15) is 29.0 Å². The van der Waals surface area contributed by atoms with Crippen LogP contribution < -0.4 is 11.1 Å². The molecule has 0 radical (unpaired) electrons. The number of nitrogens with one attached hydrogen (secondary N) is 1. The summed E-state index contributed by atoms with van der Waals surface area (Å²) < 4.78 is 13.1. The Morgan fingerprint density at radius 3 is 2.84 bits per heavy atom. The van der Waals surface area contributed by atoms with Gasteiger partial charge in [-0.05, 0) is 37.3 Å². The highest BCUT2D eigenvalue weighted by Crippen LogP contribution is 2.15. The normalized spacial score (nSPS) is 11.9. The van der Waals surface area contributed by atoms with Gasteiger partial charge in [-0.1, -0.05) is 6.07 Å². The Kier molecular flexibility index (Phi) is 3.75. The Morgan fingerprint density at radius 2 is 2.16 bits per heavy atom. The molecule has 1 aromatic heterocycles. The molecule has 0 unspecified atom stereocenters. The maximum Gasteiger partial charge on any atom is 0.254 e. The average Bonchev–Trinajstić information content (AvgIpc) is 2.42. The van der Waals surface area contributed by atoms with Crippen LogP contribution in [-0.2, 0) is 0 Å². The van der Waals surface area contributed by atoms with Gasteiger partial charge in [0.15, 0.2) is 0 Å². The van der Waals surface area contributed by atoms with E-state index in [4.69, 9.17) is 5.73 Å². The standard InChI is InChI=1S/C14H14FN3O/c1-9(13-4-2-3-7-17-13)18-14(19)11-8-10(15)5-6-12(11)16/h2-9H,16H2,1H3,(H,18,19)/t9-/m0/s1. The molecule has 0 saturated carbocycles. The highest BCUT2D eigenvalue weighted by atomic mass is 19.1. The van der Waals surface area contributed by atoms with Gasteiger partial charge < -0.3 is 11.1 Å². The monoisotopic (exact) mass is 259 g/mol. The molecule has 0 aliphatic heterocycles. The fraction of sp³-hybridized carbons (Fsp3) is 0.143. The lowest BCUT2D eigenvalue weighted by atomic mass is 10.1. The second-order valence-electron chi connectivity index (χ2n) is 4.18. The number of carbonyl (C=O) groups is 1. The molecule has 1 amide bonds. The van der Waals surface area contributed by atoms with E-state index in [0.717, 1.165) is 11.8 Å². The molecule has 0 aliphatic carbocycles. The van der Waals surface area contributed by atoms with Crippen molar-refractivity contribution in [3.05, 3.63) is 59.7 Å². The van der Waals surface area contributed by atoms with E-state index in [-0.39, 0.29) is 17.3 Å². The van der Waals surface area contributed by atoms with Crippen molar-refractivity contribution in [2.45, 2.75) is 13.0 Å². The topological polar surface area (TPSA) is 68.0 Å². The zero-order valence-electron chi connectivity index (χ0n) is 10.4. The molecule has 0 saturated heterocycles. The van der Waals surface area contributed by atoms with Crippen molar-refractivity contribution in [2.75, 3.05) is 5.73 Å². The van der Waals surface area contributed by atoms with Crippen molar-refractivity contribution in [3.63, 3.8) is 0 Å². The summed E-state index contributed by atoms with van der Waals surface area (Å²) in [4.78, 5) is 16.2. The molecule has 2 rings (SSSR count). The zero-order chi connectivity index (χ0) is 13.8. The van der Waals surface area contributed by atoms with E-state index in [0.29, 0.717) is 0 Å². The quantitative estimate of drug-likeness (QED) is 0.831. The predicted molar refractivity (Wildman–Crippen MR) is 70.9 cm³/mol. The van der Waals surface area contributed by atoms with Gasteiger partial charge >= 0.3 is 0 Å². The second kappa shape index (κ2) is 5.48. The number of hydrogen-bond donors (Lipinski definition) is 2. The molecule has 3 N–H and O–H groups in total. The number of hydrogen-bond acceptors (Lipinski definition) is 3. The molecule has 4 nitrogen and oxygen atoms in total. The van der Waals surface area contributed by atoms with Gasteiger partial charge in [-0.15, -0.1) is 0 Å². The van der Waals surface area contributed by atoms with E-state index in [1.165, 1.54) is 12.1 Å². The number of nitrogens with zero attached hydrogens (tertiary/aromatic N) is 1. The van der Waals surface area contributed by atoms with E-state index in [2.05, 4.69) is 10.3 Å². The van der Waals surface area contributed by atoms with Crippen LogP contribution in [0, 0.1) is 5.82 Å². The van der Waals surface area contributed by atoms with Crippen molar-refractivity contribution in [2.24, 2.45) is 0 Å². The van der Waals surface area contributed by atoms with Crippen molar-refractivity contribution in [1.82, 2.24) is 10.3 Å². The maximum absolute atomic E-state index is 13.1. The largest absolute Gasteiger partial charge is 0.398 e. The Bertz CT molecular complexity index is 586. The summed E-state index contributed by atoms with van der Waals surface area (Å²) in [6, 6.07) is 8.86. The minimum atomic E-state index is -0.496. The molecule has 0 bridgehead atoms. The van der Waals surface area contributed by atoms with Crippen LogP contribution in [0.3, 0.4) is 0 Å². The summed E-state index contributed by atoms with van der Waals surface area (Å²) in [6.45, 7) is 1.80. The minimum absolute atomic E-state index is 0.128. The number of nitrogens with two attached hydrogens (primary N) is 1. The van der Waals surface area contributed by atoms with Crippen LogP contribution in [0.5, 0.6) is 0 Å². The fourth-order valence-electron chi connectivity index (χ4n) is 1.71. The number of carbonyl (C=O) groups excluding carboxylic acids is 1. The molecule has 0 spiro atoms. The average molecular weight is 259 g/mol. The highest BCUT2D eigenvalue weighted by molar-refractivity contribution is 5.99. The third-order valence-electron chi connectivity index (χ3n) is 2.74. The van der Waals surface area contributed by atoms with Crippen LogP contribution in [0.2, 0.25) is 0 Å². The highest BCUT2D eigenvalue weighted by Gasteiger charge is 2.15. The number of benzene rings is 1. The fourth-order valence-corrected chi connectivity index (χ4v) is 1.71. The molecular weight excluding hydrogens is 245 g/mol. The van der Waals surface area contributed by atoms with Crippen LogP contribution >= 0.6 is 0 Å². The van der Waals surface area contributed by atoms with Crippen molar-refractivity contribution < 1.29 is 9.18 Å². The van der Waals surface area contributed by atoms with Gasteiger partial charge in [0.2, 0.25) is 0 Å². The van der Waals surface area contributed by atoms with Crippen molar-refractivity contribution in [1.29, 1.82) is 0 Å². The molecule has 1 atom stereocenters. The lowest BCUT2D eigenvalue weighted by molar-refractivity contribution is 0.0939. The number of rotatable bonds is 3. The first-order valence-corrected chi connectivity index (χ1v) is 5.84. The first-order valence-electron chi connectivity index (χ1n) is 5.84. The zero-order valence-corrected chi connectivity index (χ0v) is 10.4. The smallest absolute Gasteiger partial charge is 0.254 e. The molecule has 0 aliphatic rings. The molecule has 19 heavy (non-hydrogen) atoms. The van der Waals surface area contributed by atoms with Gasteiger partial charge in [-0.2, -0.15) is 0 Å². The van der Waals surface area contributed by atoms with Gasteiger partial charge in [0.1, 0.15) is 5.82 Å². The first kappa shape index (κ1) is 13.0. The Balaban J connectivity index is 2.15. The summed E-state index contributed by atoms with van der Waals surface area (Å²) >= 11 is 0. The molecule has 0 fully saturated rings. The number of pyridine rings is 1. The third kappa shape index (κ3) is 3.07. The van der Waals surface area contributed by atoms with Gasteiger partial charge in [0.25, 0.3) is 5.91 Å².